The first-order valence-electron chi connectivity index (χ1n) is 67.6. The minimum atomic E-state index is -2.71. The smallest absolute Gasteiger partial charge is 0.201 e. The lowest BCUT2D eigenvalue weighted by Gasteiger charge is -2.34. The van der Waals surface area contributed by atoms with Crippen molar-refractivity contribution in [2.45, 2.75) is 151 Å². The molecule has 0 unspecified atom stereocenters. The molecule has 0 spiro atoms. The maximum absolute atomic E-state index is 8.98. The Bertz CT molecular complexity index is 9530. The summed E-state index contributed by atoms with van der Waals surface area (Å²) in [7, 11) is 5.25. The van der Waals surface area contributed by atoms with Crippen LogP contribution in [-0.4, -0.2) is 40.3 Å². The highest BCUT2D eigenvalue weighted by molar-refractivity contribution is 7.13. The summed E-state index contributed by atoms with van der Waals surface area (Å²) in [6, 6.07) is 87.3. The summed E-state index contributed by atoms with van der Waals surface area (Å²) in [6.07, 6.45) is 4.71. The third-order valence-corrected chi connectivity index (χ3v) is 28.8. The number of benzene rings is 15. The molecule has 9 heteroatoms. The molecule has 678 valence electrons. The van der Waals surface area contributed by atoms with Crippen molar-refractivity contribution in [3.8, 4) is 67.2 Å². The van der Waals surface area contributed by atoms with Crippen molar-refractivity contribution in [1.82, 2.24) is 0 Å². The van der Waals surface area contributed by atoms with Crippen LogP contribution in [-0.2, 0) is 21.1 Å². The molecular weight excluding hydrogens is 1670 g/mol. The third-order valence-electron chi connectivity index (χ3n) is 28.8. The molecule has 18 aromatic rings. The molecule has 3 aromatic heterocycles. The number of nitrogens with zero attached hydrogens (tertiary/aromatic N) is 3. The minimum Gasteiger partial charge on any atom is -0.201 e. The number of hydrogen-bond acceptors (Lipinski definition) is 0. The second kappa shape index (κ2) is 38.1. The number of hydrogen-bond donors (Lipinski definition) is 0. The zero-order chi connectivity index (χ0) is 133. The average molecular weight is 1840 g/mol. The predicted molar refractivity (Wildman–Crippen MR) is 606 cm³/mol. The first-order valence-corrected chi connectivity index (χ1v) is 46.6. The van der Waals surface area contributed by atoms with Gasteiger partial charge in [-0.3, -0.25) is 0 Å². The van der Waals surface area contributed by atoms with Gasteiger partial charge in [-0.05, 0) is 248 Å². The molecule has 0 aliphatic carbocycles. The van der Waals surface area contributed by atoms with Gasteiger partial charge in [0.15, 0.2) is 18.6 Å². The van der Waals surface area contributed by atoms with Gasteiger partial charge in [0, 0.05) is 109 Å². The van der Waals surface area contributed by atoms with Gasteiger partial charge in [-0.1, -0.05) is 426 Å². The summed E-state index contributed by atoms with van der Waals surface area (Å²) in [5.74, 6) is 0. The van der Waals surface area contributed by atoms with E-state index in [1.165, 1.54) is 79.0 Å². The number of fused-ring (bicyclic) bond motifs is 6. The quantitative estimate of drug-likeness (QED) is 0.0853. The second-order valence-corrected chi connectivity index (χ2v) is 37.5. The Balaban J connectivity index is 0.000000164. The predicted octanol–water partition coefficient (Wildman–Crippen LogP) is 16.4. The van der Waals surface area contributed by atoms with Crippen LogP contribution in [0, 0.1) is 151 Å². The van der Waals surface area contributed by atoms with E-state index in [-0.39, 0.29) is 94.3 Å². The molecule has 3 aliphatic rings. The Morgan fingerprint density at radius 1 is 0.165 bits per heavy atom. The van der Waals surface area contributed by atoms with Gasteiger partial charge >= 0.3 is 0 Å². The fraction of sp³-hybridized carbons (Fsp3) is 0.192. The van der Waals surface area contributed by atoms with E-state index in [1.807, 2.05) is 177 Å². The first kappa shape index (κ1) is 56.3. The summed E-state index contributed by atoms with van der Waals surface area (Å²) in [4.78, 5) is 0. The summed E-state index contributed by atoms with van der Waals surface area (Å²) < 4.78 is 362. The molecular formula is C130H128B6N3+3. The van der Waals surface area contributed by atoms with Crippen LogP contribution in [0.3, 0.4) is 0 Å². The molecule has 0 N–H and O–H groups in total. The van der Waals surface area contributed by atoms with E-state index in [4.69, 9.17) is 57.6 Å². The van der Waals surface area contributed by atoms with Crippen molar-refractivity contribution >= 4 is 139 Å². The molecule has 0 saturated carbocycles. The lowest BCUT2D eigenvalue weighted by molar-refractivity contribution is -0.660. The Morgan fingerprint density at radius 2 is 0.432 bits per heavy atom. The molecule has 0 amide bonds. The number of aryl methyl sites for hydroxylation is 25. The minimum absolute atomic E-state index is 0.00586. The molecule has 0 saturated heterocycles. The first-order chi connectivity index (χ1) is 83.8. The van der Waals surface area contributed by atoms with Crippen LogP contribution in [0.1, 0.15) is 180 Å². The van der Waals surface area contributed by atoms with E-state index in [1.54, 1.807) is 156 Å². The van der Waals surface area contributed by atoms with Crippen LogP contribution in [0.4, 0.5) is 0 Å². The van der Waals surface area contributed by atoms with Crippen LogP contribution in [0.25, 0.3) is 67.2 Å². The molecule has 0 fully saturated rings. The van der Waals surface area contributed by atoms with Crippen LogP contribution >= 0.6 is 0 Å². The van der Waals surface area contributed by atoms with Crippen LogP contribution in [0.5, 0.6) is 0 Å². The Hall–Kier alpha value is -13.9. The lowest BCUT2D eigenvalue weighted by Crippen LogP contribution is -2.75. The van der Waals surface area contributed by atoms with Gasteiger partial charge in [0.25, 0.3) is 0 Å². The van der Waals surface area contributed by atoms with E-state index < -0.39 is 136 Å². The molecule has 3 nitrogen and oxygen atoms in total. The van der Waals surface area contributed by atoms with E-state index in [2.05, 4.69) is 0 Å². The topological polar surface area (TPSA) is 11.6 Å². The fourth-order valence-corrected chi connectivity index (χ4v) is 22.2. The maximum atomic E-state index is 8.98. The number of rotatable bonds is 12. The van der Waals surface area contributed by atoms with Crippen molar-refractivity contribution in [1.29, 1.82) is 0 Å². The van der Waals surface area contributed by atoms with Gasteiger partial charge < -0.3 is 0 Å². The van der Waals surface area contributed by atoms with Crippen LogP contribution in [0.2, 0.25) is 0 Å². The molecule has 0 bridgehead atoms. The highest BCUT2D eigenvalue weighted by atomic mass is 14.9. The summed E-state index contributed by atoms with van der Waals surface area (Å²) in [6.45, 7) is -25.7. The molecule has 0 radical (unpaired) electrons. The summed E-state index contributed by atoms with van der Waals surface area (Å²) in [5.41, 5.74) is 23.1. The molecule has 15 aromatic carbocycles. The van der Waals surface area contributed by atoms with Gasteiger partial charge in [0.1, 0.15) is 21.1 Å². The number of pyridine rings is 3. The van der Waals surface area contributed by atoms with E-state index in [9.17, 15) is 0 Å². The van der Waals surface area contributed by atoms with Crippen molar-refractivity contribution in [3.05, 3.63) is 444 Å². The van der Waals surface area contributed by atoms with Crippen LogP contribution < -0.4 is 112 Å². The van der Waals surface area contributed by atoms with Crippen molar-refractivity contribution < 1.29 is 71.3 Å². The average Bonchev–Trinajstić information content (AvgIpc) is 0.712. The van der Waals surface area contributed by atoms with Gasteiger partial charge in [-0.15, -0.1) is 0 Å². The number of aromatic nitrogens is 3. The largest absolute Gasteiger partial charge is 0.240 e. The van der Waals surface area contributed by atoms with E-state index >= 15 is 0 Å². The zero-order valence-electron chi connectivity index (χ0n) is 121. The highest BCUT2D eigenvalue weighted by Crippen LogP contribution is 2.37. The lowest BCUT2D eigenvalue weighted by atomic mass is 9.20. The molecule has 6 heterocycles. The van der Waals surface area contributed by atoms with Gasteiger partial charge in [-0.2, -0.15) is 0 Å². The van der Waals surface area contributed by atoms with Gasteiger partial charge in [-0.25, -0.2) is 13.7 Å². The van der Waals surface area contributed by atoms with Crippen molar-refractivity contribution in [2.75, 3.05) is 0 Å². The van der Waals surface area contributed by atoms with Crippen molar-refractivity contribution in [2.24, 2.45) is 21.1 Å². The van der Waals surface area contributed by atoms with Crippen molar-refractivity contribution in [3.63, 3.8) is 0 Å². The molecule has 3 aliphatic heterocycles. The summed E-state index contributed by atoms with van der Waals surface area (Å²) >= 11 is 0. The molecule has 139 heavy (non-hydrogen) atoms. The molecule has 0 atom stereocenters. The standard InChI is InChI=1S/C44H44B2N.2C43H42B2N/c1-27-15-14-16-28(2)43(27)45-38-17-10-12-19-40(38)46(41-20-13-11-18-39(41)45)44-32(6)22-35(23-33(44)7)36-25-37(31(5)21-30(36)4)42-24-29(3)34(8)26-47(42)9;1-27-20-21-34(25-36(27)41-24-30(4)33(7)26-46(41)8)35-22-31(5)43(32(6)23-35)45-39-18-11-9-16-37(39)44(38-17-10-12-19-40(38)45)42-28(2)14-13-15-29(42)3;1-27-20-21-41(46(8)26-27)36-25-35(30(4)22-31(36)5)34-23-32(6)43(33(7)24-34)45-39-18-11-9-16-37(39)44(38-17-10-12-19-40(38)45)42-28(2)14-13-15-29(42)3/h10-26H,1-9H3;2*9-26H,1-8H3/q3*+1/i1D3,2D3,4D3,6D3,8D3;2D3,3D3,5D3,7D3;1D3,2D3,3D3,4D3,6D3. The maximum Gasteiger partial charge on any atom is 0.240 e. The Labute approximate surface area is 890 Å². The van der Waals surface area contributed by atoms with Gasteiger partial charge in [0.05, 0.1) is 0 Å². The fourth-order valence-electron chi connectivity index (χ4n) is 22.2. The normalized spacial score (nSPS) is 18.0. The SMILES string of the molecule is [2H]C([2H])([2H])c1c[n+](C)c(-c2cc(-c3cc(C)c(B4c5ccccc5B(c5c(C([2H])([2H])[2H])cccc5C([2H])([2H])[2H])c5ccccc54)c(C([2H])([2H])[2H])c3)c(C([2H])([2H])[2H])cc2C)cc1C.[2H]C([2H])([2H])c1c[n+](C)c(-c2cc(-c3cc(C)c(B4c5ccccc5B(c5c(C([2H])([2H])[2H])cccc5C([2H])([2H])[2H])c5ccccc54)c(C([2H])([2H])[2H])c3)ccc2C)cc1C.[2H]C([2H])([2H])c1ccc(-c2cc(-c3cc(C)c(B4c5ccccc5B(c5c(C([2H])([2H])[2H])cccc5C([2H])([2H])[2H])c5ccccc54)c(C([2H])([2H])[2H])c3)c(C([2H])([2H])[2H])cc2C)[n+](C)c1. The highest BCUT2D eigenvalue weighted by Gasteiger charge is 2.45. The molecule has 21 rings (SSSR count). The Morgan fingerprint density at radius 3 is 0.727 bits per heavy atom. The van der Waals surface area contributed by atoms with E-state index in [0.29, 0.717) is 155 Å². The zero-order valence-corrected chi connectivity index (χ0v) is 79.4. The second-order valence-electron chi connectivity index (χ2n) is 37.5. The van der Waals surface area contributed by atoms with E-state index in [0.717, 1.165) is 38.9 Å². The Kier molecular flexibility index (Phi) is 15.4. The third kappa shape index (κ3) is 17.2. The monoisotopic (exact) mass is 1840 g/mol. The summed E-state index contributed by atoms with van der Waals surface area (Å²) in [5, 5.41) is 0. The van der Waals surface area contributed by atoms with Gasteiger partial charge in [0.2, 0.25) is 57.4 Å². The van der Waals surface area contributed by atoms with Crippen LogP contribution in [0.15, 0.2) is 322 Å².